The topological polar surface area (TPSA) is 31.4 Å². The van der Waals surface area contributed by atoms with Crippen LogP contribution in [0.1, 0.15) is 0 Å². The fraction of sp³-hybridized carbons (Fsp3) is 0.118. The number of pyridine rings is 1. The summed E-state index contributed by atoms with van der Waals surface area (Å²) in [5.74, 6) is 1.67. The minimum atomic E-state index is 0.834. The van der Waals surface area contributed by atoms with Gasteiger partial charge in [0.25, 0.3) is 0 Å². The van der Waals surface area contributed by atoms with Gasteiger partial charge in [-0.15, -0.1) is 0 Å². The van der Waals surface area contributed by atoms with Crippen molar-refractivity contribution in [3.05, 3.63) is 54.7 Å². The number of nitrogens with zero attached hydrogens (tertiary/aromatic N) is 1. The van der Waals surface area contributed by atoms with Gasteiger partial charge in [-0.1, -0.05) is 6.07 Å². The minimum Gasteiger partial charge on any atom is -0.497 e. The molecule has 0 unspecified atom stereocenters. The Morgan fingerprint density at radius 1 is 0.800 bits per heavy atom. The van der Waals surface area contributed by atoms with E-state index in [1.165, 1.54) is 0 Å². The second-order valence-electron chi connectivity index (χ2n) is 4.48. The largest absolute Gasteiger partial charge is 0.497 e. The molecule has 3 heteroatoms. The molecular formula is C17H15NO2. The van der Waals surface area contributed by atoms with Gasteiger partial charge in [0.1, 0.15) is 11.5 Å². The number of methoxy groups -OCH3 is 2. The Morgan fingerprint density at radius 2 is 1.50 bits per heavy atom. The lowest BCUT2D eigenvalue weighted by molar-refractivity contribution is 0.415. The van der Waals surface area contributed by atoms with E-state index < -0.39 is 0 Å². The molecule has 3 nitrogen and oxygen atoms in total. The highest BCUT2D eigenvalue weighted by molar-refractivity contribution is 5.95. The van der Waals surface area contributed by atoms with Gasteiger partial charge in [-0.25, -0.2) is 0 Å². The first kappa shape index (κ1) is 12.5. The van der Waals surface area contributed by atoms with Gasteiger partial charge in [0.05, 0.1) is 19.9 Å². The van der Waals surface area contributed by atoms with Crippen LogP contribution in [-0.4, -0.2) is 19.2 Å². The van der Waals surface area contributed by atoms with Crippen molar-refractivity contribution in [1.29, 1.82) is 0 Å². The first-order valence-corrected chi connectivity index (χ1v) is 6.39. The average molecular weight is 265 g/mol. The van der Waals surface area contributed by atoms with Crippen molar-refractivity contribution in [3.8, 4) is 22.8 Å². The van der Waals surface area contributed by atoms with Crippen molar-refractivity contribution < 1.29 is 9.47 Å². The predicted molar refractivity (Wildman–Crippen MR) is 80.3 cm³/mol. The van der Waals surface area contributed by atoms with Gasteiger partial charge in [-0.05, 0) is 47.9 Å². The lowest BCUT2D eigenvalue weighted by atomic mass is 10.0. The molecule has 0 fully saturated rings. The van der Waals surface area contributed by atoms with E-state index >= 15 is 0 Å². The van der Waals surface area contributed by atoms with Crippen LogP contribution in [0.25, 0.3) is 22.0 Å². The minimum absolute atomic E-state index is 0.834. The second-order valence-corrected chi connectivity index (χ2v) is 4.48. The summed E-state index contributed by atoms with van der Waals surface area (Å²) in [6.07, 6.45) is 1.83. The van der Waals surface area contributed by atoms with Gasteiger partial charge < -0.3 is 9.47 Å². The van der Waals surface area contributed by atoms with Crippen LogP contribution in [0.2, 0.25) is 0 Å². The average Bonchev–Trinajstić information content (AvgIpc) is 2.54. The van der Waals surface area contributed by atoms with E-state index in [9.17, 15) is 0 Å². The summed E-state index contributed by atoms with van der Waals surface area (Å²) in [4.78, 5) is 4.51. The number of rotatable bonds is 3. The van der Waals surface area contributed by atoms with E-state index in [1.54, 1.807) is 14.2 Å². The standard InChI is InChI=1S/C17H15NO2/c1-19-14-6-4-13(5-7-14)17-16-11-15(20-2)8-3-12(16)9-10-18-17/h3-11H,1-2H3. The monoisotopic (exact) mass is 265 g/mol. The smallest absolute Gasteiger partial charge is 0.119 e. The number of ether oxygens (including phenoxy) is 2. The van der Waals surface area contributed by atoms with E-state index in [0.717, 1.165) is 33.5 Å². The fourth-order valence-corrected chi connectivity index (χ4v) is 2.25. The van der Waals surface area contributed by atoms with Crippen molar-refractivity contribution in [3.63, 3.8) is 0 Å². The molecule has 3 rings (SSSR count). The molecule has 0 saturated heterocycles. The Labute approximate surface area is 117 Å². The van der Waals surface area contributed by atoms with E-state index in [1.807, 2.05) is 54.7 Å². The summed E-state index contributed by atoms with van der Waals surface area (Å²) in [5.41, 5.74) is 2.01. The highest BCUT2D eigenvalue weighted by atomic mass is 16.5. The van der Waals surface area contributed by atoms with Crippen LogP contribution in [0.4, 0.5) is 0 Å². The van der Waals surface area contributed by atoms with Gasteiger partial charge >= 0.3 is 0 Å². The van der Waals surface area contributed by atoms with Crippen LogP contribution >= 0.6 is 0 Å². The maximum absolute atomic E-state index is 5.30. The Kier molecular flexibility index (Phi) is 3.25. The molecule has 1 heterocycles. The third kappa shape index (κ3) is 2.18. The summed E-state index contributed by atoms with van der Waals surface area (Å²) in [6, 6.07) is 15.9. The lowest BCUT2D eigenvalue weighted by Crippen LogP contribution is -1.89. The maximum atomic E-state index is 5.30. The summed E-state index contributed by atoms with van der Waals surface area (Å²) < 4.78 is 10.5. The highest BCUT2D eigenvalue weighted by Gasteiger charge is 2.06. The summed E-state index contributed by atoms with van der Waals surface area (Å²) in [6.45, 7) is 0. The first-order valence-electron chi connectivity index (χ1n) is 6.39. The van der Waals surface area contributed by atoms with Crippen molar-refractivity contribution in [1.82, 2.24) is 4.98 Å². The van der Waals surface area contributed by atoms with Crippen LogP contribution in [0.3, 0.4) is 0 Å². The summed E-state index contributed by atoms with van der Waals surface area (Å²) >= 11 is 0. The van der Waals surface area contributed by atoms with Gasteiger partial charge in [0.15, 0.2) is 0 Å². The van der Waals surface area contributed by atoms with Crippen LogP contribution in [0.5, 0.6) is 11.5 Å². The first-order chi connectivity index (χ1) is 9.81. The number of benzene rings is 2. The molecule has 0 aliphatic carbocycles. The molecule has 20 heavy (non-hydrogen) atoms. The molecular weight excluding hydrogens is 250 g/mol. The summed E-state index contributed by atoms with van der Waals surface area (Å²) in [5, 5.41) is 2.23. The van der Waals surface area contributed by atoms with Crippen molar-refractivity contribution in [2.24, 2.45) is 0 Å². The van der Waals surface area contributed by atoms with Gasteiger partial charge in [0, 0.05) is 17.1 Å². The van der Waals surface area contributed by atoms with Crippen molar-refractivity contribution >= 4 is 10.8 Å². The molecule has 3 aromatic rings. The maximum Gasteiger partial charge on any atom is 0.119 e. The van der Waals surface area contributed by atoms with Gasteiger partial charge in [-0.2, -0.15) is 0 Å². The number of hydrogen-bond donors (Lipinski definition) is 0. The summed E-state index contributed by atoms with van der Waals surface area (Å²) in [7, 11) is 3.33. The number of hydrogen-bond acceptors (Lipinski definition) is 3. The van der Waals surface area contributed by atoms with Crippen LogP contribution in [0, 0.1) is 0 Å². The molecule has 0 aliphatic rings. The van der Waals surface area contributed by atoms with Gasteiger partial charge in [-0.3, -0.25) is 4.98 Å². The quantitative estimate of drug-likeness (QED) is 0.719. The molecule has 0 aliphatic heterocycles. The highest BCUT2D eigenvalue weighted by Crippen LogP contribution is 2.30. The third-order valence-electron chi connectivity index (χ3n) is 3.34. The van der Waals surface area contributed by atoms with Crippen molar-refractivity contribution in [2.75, 3.05) is 14.2 Å². The number of aromatic nitrogens is 1. The zero-order valence-corrected chi connectivity index (χ0v) is 11.5. The molecule has 0 atom stereocenters. The Morgan fingerprint density at radius 3 is 2.20 bits per heavy atom. The third-order valence-corrected chi connectivity index (χ3v) is 3.34. The zero-order chi connectivity index (χ0) is 13.9. The van der Waals surface area contributed by atoms with E-state index in [-0.39, 0.29) is 0 Å². The molecule has 1 aromatic heterocycles. The molecule has 0 N–H and O–H groups in total. The molecule has 0 bridgehead atoms. The fourth-order valence-electron chi connectivity index (χ4n) is 2.25. The zero-order valence-electron chi connectivity index (χ0n) is 11.5. The van der Waals surface area contributed by atoms with E-state index in [0.29, 0.717) is 0 Å². The van der Waals surface area contributed by atoms with Crippen LogP contribution < -0.4 is 9.47 Å². The number of fused-ring (bicyclic) bond motifs is 1. The van der Waals surface area contributed by atoms with Gasteiger partial charge in [0.2, 0.25) is 0 Å². The van der Waals surface area contributed by atoms with Crippen LogP contribution in [0.15, 0.2) is 54.7 Å². The molecule has 0 spiro atoms. The van der Waals surface area contributed by atoms with Crippen molar-refractivity contribution in [2.45, 2.75) is 0 Å². The molecule has 0 saturated carbocycles. The second kappa shape index (κ2) is 5.21. The predicted octanol–water partition coefficient (Wildman–Crippen LogP) is 3.92. The molecule has 0 amide bonds. The molecule has 100 valence electrons. The van der Waals surface area contributed by atoms with E-state index in [4.69, 9.17) is 9.47 Å². The van der Waals surface area contributed by atoms with E-state index in [2.05, 4.69) is 4.98 Å². The Hall–Kier alpha value is -2.55. The normalized spacial score (nSPS) is 10.5. The SMILES string of the molecule is COc1ccc(-c2nccc3ccc(OC)cc23)cc1. The molecule has 0 radical (unpaired) electrons. The lowest BCUT2D eigenvalue weighted by Gasteiger charge is -2.08. The Bertz CT molecular complexity index is 736. The van der Waals surface area contributed by atoms with Crippen LogP contribution in [-0.2, 0) is 0 Å². The molecule has 2 aromatic carbocycles. The Balaban J connectivity index is 2.18.